The van der Waals surface area contributed by atoms with Gasteiger partial charge in [-0.15, -0.1) is 0 Å². The number of rotatable bonds is 7. The monoisotopic (exact) mass is 298 g/mol. The maximum Gasteiger partial charge on any atom is 0.254 e. The fourth-order valence-corrected chi connectivity index (χ4v) is 2.06. The van der Waals surface area contributed by atoms with Crippen LogP contribution in [0, 0.1) is 0 Å². The molecular formula is C17H22N4O. The quantitative estimate of drug-likeness (QED) is 0.770. The Balaban J connectivity index is 2.01. The second-order valence-corrected chi connectivity index (χ2v) is 5.04. The summed E-state index contributed by atoms with van der Waals surface area (Å²) in [6, 6.07) is 8.04. The fraction of sp³-hybridized carbons (Fsp3) is 0.353. The number of hydrogen-bond acceptors (Lipinski definition) is 4. The van der Waals surface area contributed by atoms with Gasteiger partial charge in [0.05, 0.1) is 5.56 Å². The highest BCUT2D eigenvalue weighted by atomic mass is 16.1. The van der Waals surface area contributed by atoms with Gasteiger partial charge in [-0.2, -0.15) is 0 Å². The molecule has 2 rings (SSSR count). The molecule has 0 fully saturated rings. The van der Waals surface area contributed by atoms with E-state index in [0.717, 1.165) is 24.9 Å². The normalized spacial score (nSPS) is 10.3. The van der Waals surface area contributed by atoms with E-state index in [0.29, 0.717) is 18.1 Å². The Bertz CT molecular complexity index is 610. The van der Waals surface area contributed by atoms with Gasteiger partial charge in [-0.25, -0.2) is 9.97 Å². The zero-order valence-electron chi connectivity index (χ0n) is 13.1. The smallest absolute Gasteiger partial charge is 0.254 e. The molecule has 1 heterocycles. The van der Waals surface area contributed by atoms with Crippen LogP contribution in [0.2, 0.25) is 0 Å². The van der Waals surface area contributed by atoms with Crippen molar-refractivity contribution in [3.63, 3.8) is 0 Å². The van der Waals surface area contributed by atoms with Gasteiger partial charge in [-0.1, -0.05) is 38.5 Å². The first-order chi connectivity index (χ1) is 10.7. The molecule has 0 atom stereocenters. The van der Waals surface area contributed by atoms with Gasteiger partial charge in [0, 0.05) is 24.6 Å². The number of aromatic nitrogens is 2. The van der Waals surface area contributed by atoms with Crippen molar-refractivity contribution < 1.29 is 4.79 Å². The molecular weight excluding hydrogens is 276 g/mol. The predicted molar refractivity (Wildman–Crippen MR) is 88.4 cm³/mol. The van der Waals surface area contributed by atoms with Crippen molar-refractivity contribution in [2.75, 3.05) is 11.9 Å². The summed E-state index contributed by atoms with van der Waals surface area (Å²) < 4.78 is 0. The van der Waals surface area contributed by atoms with Crippen LogP contribution < -0.4 is 10.6 Å². The second-order valence-electron chi connectivity index (χ2n) is 5.04. The Kier molecular flexibility index (Phi) is 5.89. The van der Waals surface area contributed by atoms with E-state index in [1.807, 2.05) is 18.2 Å². The van der Waals surface area contributed by atoms with Gasteiger partial charge in [0.1, 0.15) is 0 Å². The molecule has 0 saturated carbocycles. The lowest BCUT2D eigenvalue weighted by molar-refractivity contribution is 0.0952. The van der Waals surface area contributed by atoms with Crippen LogP contribution in [-0.4, -0.2) is 22.4 Å². The van der Waals surface area contributed by atoms with Gasteiger partial charge in [0.25, 0.3) is 5.91 Å². The topological polar surface area (TPSA) is 66.9 Å². The zero-order chi connectivity index (χ0) is 15.8. The van der Waals surface area contributed by atoms with Gasteiger partial charge in [0.15, 0.2) is 0 Å². The number of nitrogens with one attached hydrogen (secondary N) is 2. The number of anilines is 2. The van der Waals surface area contributed by atoms with Gasteiger partial charge in [-0.3, -0.25) is 4.79 Å². The van der Waals surface area contributed by atoms with E-state index in [1.54, 1.807) is 12.4 Å². The summed E-state index contributed by atoms with van der Waals surface area (Å²) in [5.74, 6) is 0.361. The Morgan fingerprint density at radius 3 is 2.55 bits per heavy atom. The first kappa shape index (κ1) is 15.9. The number of amides is 1. The molecule has 0 aliphatic heterocycles. The molecule has 1 aromatic heterocycles. The molecule has 0 bridgehead atoms. The van der Waals surface area contributed by atoms with Crippen LogP contribution in [0.3, 0.4) is 0 Å². The lowest BCUT2D eigenvalue weighted by Gasteiger charge is -2.09. The molecule has 0 aliphatic rings. The number of hydrogen-bond donors (Lipinski definition) is 2. The minimum atomic E-state index is -0.131. The maximum atomic E-state index is 11.9. The molecule has 5 nitrogen and oxygen atoms in total. The number of benzene rings is 1. The van der Waals surface area contributed by atoms with E-state index in [-0.39, 0.29) is 5.91 Å². The molecule has 1 aromatic carbocycles. The van der Waals surface area contributed by atoms with Crippen molar-refractivity contribution >= 4 is 17.5 Å². The third-order valence-corrected chi connectivity index (χ3v) is 3.37. The fourth-order valence-electron chi connectivity index (χ4n) is 2.06. The maximum absolute atomic E-state index is 11.9. The summed E-state index contributed by atoms with van der Waals surface area (Å²) in [7, 11) is 0. The predicted octanol–water partition coefficient (Wildman–Crippen LogP) is 3.31. The third kappa shape index (κ3) is 4.28. The molecule has 0 saturated heterocycles. The van der Waals surface area contributed by atoms with E-state index in [9.17, 15) is 4.79 Å². The Morgan fingerprint density at radius 1 is 1.14 bits per heavy atom. The van der Waals surface area contributed by atoms with Crippen molar-refractivity contribution in [1.82, 2.24) is 15.3 Å². The lowest BCUT2D eigenvalue weighted by atomic mass is 10.1. The molecule has 2 aromatic rings. The molecule has 0 radical (unpaired) electrons. The van der Waals surface area contributed by atoms with Crippen LogP contribution in [0.15, 0.2) is 36.7 Å². The molecule has 0 spiro atoms. The average molecular weight is 298 g/mol. The summed E-state index contributed by atoms with van der Waals surface area (Å²) in [4.78, 5) is 20.3. The number of unbranched alkanes of at least 4 members (excludes halogenated alkanes) is 1. The van der Waals surface area contributed by atoms with Crippen LogP contribution >= 0.6 is 0 Å². The van der Waals surface area contributed by atoms with Gasteiger partial charge >= 0.3 is 0 Å². The van der Waals surface area contributed by atoms with Gasteiger partial charge < -0.3 is 10.6 Å². The van der Waals surface area contributed by atoms with Gasteiger partial charge in [0.2, 0.25) is 5.95 Å². The minimum absolute atomic E-state index is 0.131. The summed E-state index contributed by atoms with van der Waals surface area (Å²) in [6.07, 6.45) is 6.05. The Morgan fingerprint density at radius 2 is 1.86 bits per heavy atom. The molecule has 0 unspecified atom stereocenters. The minimum Gasteiger partial charge on any atom is -0.352 e. The number of carbonyl (C=O) groups is 1. The molecule has 116 valence electrons. The van der Waals surface area contributed by atoms with Crippen molar-refractivity contribution in [1.29, 1.82) is 0 Å². The first-order valence-corrected chi connectivity index (χ1v) is 7.69. The summed E-state index contributed by atoms with van der Waals surface area (Å²) >= 11 is 0. The second kappa shape index (κ2) is 8.12. The highest BCUT2D eigenvalue weighted by Gasteiger charge is 2.07. The molecule has 5 heteroatoms. The summed E-state index contributed by atoms with van der Waals surface area (Å²) in [5.41, 5.74) is 2.67. The highest BCUT2D eigenvalue weighted by molar-refractivity contribution is 5.93. The number of nitrogens with zero attached hydrogens (tertiary/aromatic N) is 2. The van der Waals surface area contributed by atoms with Crippen molar-refractivity contribution in [3.05, 3.63) is 47.8 Å². The number of carbonyl (C=O) groups excluding carboxylic acids is 1. The van der Waals surface area contributed by atoms with Crippen molar-refractivity contribution in [2.24, 2.45) is 0 Å². The van der Waals surface area contributed by atoms with E-state index in [1.165, 1.54) is 5.56 Å². The van der Waals surface area contributed by atoms with Crippen LogP contribution in [0.5, 0.6) is 0 Å². The SMILES string of the molecule is CCCCNC(=O)c1cnc(Nc2ccccc2CC)nc1. The molecule has 1 amide bonds. The van der Waals surface area contributed by atoms with E-state index in [2.05, 4.69) is 40.5 Å². The first-order valence-electron chi connectivity index (χ1n) is 7.69. The summed E-state index contributed by atoms with van der Waals surface area (Å²) in [6.45, 7) is 4.87. The van der Waals surface area contributed by atoms with Crippen molar-refractivity contribution in [3.8, 4) is 0 Å². The van der Waals surface area contributed by atoms with Crippen molar-refractivity contribution in [2.45, 2.75) is 33.1 Å². The van der Waals surface area contributed by atoms with E-state index >= 15 is 0 Å². The Hall–Kier alpha value is -2.43. The van der Waals surface area contributed by atoms with Crippen LogP contribution in [0.4, 0.5) is 11.6 Å². The van der Waals surface area contributed by atoms with Crippen LogP contribution in [0.25, 0.3) is 0 Å². The number of aryl methyl sites for hydroxylation is 1. The Labute approximate surface area is 131 Å². The zero-order valence-corrected chi connectivity index (χ0v) is 13.1. The van der Waals surface area contributed by atoms with Gasteiger partial charge in [-0.05, 0) is 24.5 Å². The van der Waals surface area contributed by atoms with Crippen LogP contribution in [0.1, 0.15) is 42.6 Å². The summed E-state index contributed by atoms with van der Waals surface area (Å²) in [5, 5.41) is 6.04. The van der Waals surface area contributed by atoms with E-state index in [4.69, 9.17) is 0 Å². The number of para-hydroxylation sites is 1. The molecule has 2 N–H and O–H groups in total. The third-order valence-electron chi connectivity index (χ3n) is 3.37. The van der Waals surface area contributed by atoms with Crippen LogP contribution in [-0.2, 0) is 6.42 Å². The lowest BCUT2D eigenvalue weighted by Crippen LogP contribution is -2.24. The van der Waals surface area contributed by atoms with E-state index < -0.39 is 0 Å². The standard InChI is InChI=1S/C17H22N4O/c1-3-5-10-18-16(22)14-11-19-17(20-12-14)21-15-9-7-6-8-13(15)4-2/h6-9,11-12H,3-5,10H2,1-2H3,(H,18,22)(H,19,20,21). The average Bonchev–Trinajstić information content (AvgIpc) is 2.56. The largest absolute Gasteiger partial charge is 0.352 e. The molecule has 22 heavy (non-hydrogen) atoms. The molecule has 0 aliphatic carbocycles. The highest BCUT2D eigenvalue weighted by Crippen LogP contribution is 2.18.